The third kappa shape index (κ3) is 5.01. The lowest BCUT2D eigenvalue weighted by Gasteiger charge is -2.10. The number of amides is 1. The summed E-state index contributed by atoms with van der Waals surface area (Å²) < 4.78 is 29.0. The zero-order chi connectivity index (χ0) is 12.7. The number of hydrogen-bond acceptors (Lipinski definition) is 4. The molecule has 0 aliphatic carbocycles. The summed E-state index contributed by atoms with van der Waals surface area (Å²) in [6.07, 6.45) is -0.790. The topological polar surface area (TPSA) is 58.6 Å². The molecule has 1 aromatic carbocycles. The molecule has 0 saturated carbocycles. The van der Waals surface area contributed by atoms with Crippen LogP contribution >= 0.6 is 11.8 Å². The minimum Gasteiger partial charge on any atom is -0.447 e. The molecule has 4 nitrogen and oxygen atoms in total. The lowest BCUT2D eigenvalue weighted by atomic mass is 10.3. The molecule has 0 spiro atoms. The molecule has 0 fully saturated rings. The van der Waals surface area contributed by atoms with Crippen molar-refractivity contribution in [2.24, 2.45) is 0 Å². The van der Waals surface area contributed by atoms with Gasteiger partial charge in [-0.2, -0.15) is 8.78 Å². The first kappa shape index (κ1) is 13.7. The van der Waals surface area contributed by atoms with E-state index in [1.54, 1.807) is 12.1 Å². The Balaban J connectivity index is 2.66. The Morgan fingerprint density at radius 3 is 2.82 bits per heavy atom. The summed E-state index contributed by atoms with van der Waals surface area (Å²) in [5, 5.41) is 10.8. The summed E-state index contributed by atoms with van der Waals surface area (Å²) >= 11 is 0.338. The number of para-hydroxylation sites is 1. The van der Waals surface area contributed by atoms with Gasteiger partial charge in [0.05, 0.1) is 12.3 Å². The highest BCUT2D eigenvalue weighted by atomic mass is 32.2. The normalized spacial score (nSPS) is 10.4. The molecule has 0 unspecified atom stereocenters. The largest absolute Gasteiger partial charge is 0.447 e. The number of alkyl halides is 2. The van der Waals surface area contributed by atoms with Crippen molar-refractivity contribution < 1.29 is 23.4 Å². The first-order valence-electron chi connectivity index (χ1n) is 4.72. The zero-order valence-corrected chi connectivity index (χ0v) is 9.55. The minimum absolute atomic E-state index is 0.143. The van der Waals surface area contributed by atoms with Crippen molar-refractivity contribution in [3.8, 4) is 0 Å². The average Bonchev–Trinajstić information content (AvgIpc) is 2.28. The number of aliphatic hydroxyl groups excluding tert-OH is 1. The number of benzene rings is 1. The highest BCUT2D eigenvalue weighted by molar-refractivity contribution is 7.99. The molecule has 0 aliphatic heterocycles. The van der Waals surface area contributed by atoms with Crippen molar-refractivity contribution in [3.63, 3.8) is 0 Å². The second-order valence-corrected chi connectivity index (χ2v) is 3.89. The van der Waals surface area contributed by atoms with Crippen LogP contribution in [-0.2, 0) is 4.74 Å². The van der Waals surface area contributed by atoms with E-state index in [4.69, 9.17) is 5.11 Å². The quantitative estimate of drug-likeness (QED) is 0.801. The molecule has 0 bridgehead atoms. The smallest absolute Gasteiger partial charge is 0.411 e. The van der Waals surface area contributed by atoms with Crippen LogP contribution in [-0.4, -0.2) is 30.2 Å². The van der Waals surface area contributed by atoms with Crippen molar-refractivity contribution >= 4 is 23.5 Å². The van der Waals surface area contributed by atoms with Gasteiger partial charge in [-0.15, -0.1) is 0 Å². The van der Waals surface area contributed by atoms with Gasteiger partial charge in [-0.1, -0.05) is 23.9 Å². The van der Waals surface area contributed by atoms with Gasteiger partial charge in [0, 0.05) is 4.90 Å². The van der Waals surface area contributed by atoms with E-state index in [2.05, 4.69) is 10.1 Å². The van der Waals surface area contributed by atoms with E-state index in [1.165, 1.54) is 12.1 Å². The highest BCUT2D eigenvalue weighted by Gasteiger charge is 2.11. The first-order chi connectivity index (χ1) is 8.13. The van der Waals surface area contributed by atoms with Crippen LogP contribution in [0.3, 0.4) is 0 Å². The summed E-state index contributed by atoms with van der Waals surface area (Å²) in [6.45, 7) is -0.434. The number of hydrogen-bond donors (Lipinski definition) is 2. The molecule has 1 amide bonds. The maximum Gasteiger partial charge on any atom is 0.411 e. The molecule has 1 aromatic rings. The number of anilines is 1. The summed E-state index contributed by atoms with van der Waals surface area (Å²) in [7, 11) is 0. The van der Waals surface area contributed by atoms with Crippen LogP contribution in [0.4, 0.5) is 19.3 Å². The summed E-state index contributed by atoms with van der Waals surface area (Å²) in [6, 6.07) is 6.16. The standard InChI is InChI=1S/C10H11F2NO3S/c11-9(12)17-8-4-2-1-3-7(8)13-10(15)16-6-5-14/h1-4,9,14H,5-6H2,(H,13,15). The van der Waals surface area contributed by atoms with Gasteiger partial charge in [0.2, 0.25) is 0 Å². The summed E-state index contributed by atoms with van der Waals surface area (Å²) in [5.41, 5.74) is 0.251. The van der Waals surface area contributed by atoms with E-state index in [9.17, 15) is 13.6 Å². The van der Waals surface area contributed by atoms with Crippen molar-refractivity contribution in [3.05, 3.63) is 24.3 Å². The Labute approximate surface area is 101 Å². The molecule has 7 heteroatoms. The van der Waals surface area contributed by atoms with Gasteiger partial charge in [-0.25, -0.2) is 4.79 Å². The Morgan fingerprint density at radius 1 is 1.47 bits per heavy atom. The lowest BCUT2D eigenvalue weighted by molar-refractivity contribution is 0.131. The molecule has 0 aliphatic rings. The maximum absolute atomic E-state index is 12.2. The molecular weight excluding hydrogens is 252 g/mol. The predicted molar refractivity (Wildman–Crippen MR) is 60.4 cm³/mol. The molecule has 0 aromatic heterocycles. The summed E-state index contributed by atoms with van der Waals surface area (Å²) in [5.74, 6) is -2.56. The van der Waals surface area contributed by atoms with Gasteiger partial charge >= 0.3 is 6.09 Å². The molecule has 94 valence electrons. The molecule has 17 heavy (non-hydrogen) atoms. The maximum atomic E-state index is 12.2. The van der Waals surface area contributed by atoms with Crippen molar-refractivity contribution in [2.75, 3.05) is 18.5 Å². The fourth-order valence-electron chi connectivity index (χ4n) is 1.05. The molecule has 0 saturated heterocycles. The Bertz CT molecular complexity index is 376. The van der Waals surface area contributed by atoms with Crippen LogP contribution in [0.1, 0.15) is 0 Å². The van der Waals surface area contributed by atoms with E-state index in [-0.39, 0.29) is 23.8 Å². The van der Waals surface area contributed by atoms with E-state index in [1.807, 2.05) is 0 Å². The van der Waals surface area contributed by atoms with Crippen molar-refractivity contribution in [1.82, 2.24) is 0 Å². The van der Waals surface area contributed by atoms with Crippen LogP contribution in [0.2, 0.25) is 0 Å². The average molecular weight is 263 g/mol. The zero-order valence-electron chi connectivity index (χ0n) is 8.73. The van der Waals surface area contributed by atoms with Crippen LogP contribution in [0.15, 0.2) is 29.2 Å². The number of nitrogens with one attached hydrogen (secondary N) is 1. The van der Waals surface area contributed by atoms with Crippen LogP contribution in [0.5, 0.6) is 0 Å². The number of aliphatic hydroxyl groups is 1. The molecule has 0 radical (unpaired) electrons. The van der Waals surface area contributed by atoms with E-state index in [0.29, 0.717) is 11.8 Å². The predicted octanol–water partition coefficient (Wildman–Crippen LogP) is 2.54. The van der Waals surface area contributed by atoms with Crippen LogP contribution in [0.25, 0.3) is 0 Å². The Morgan fingerprint density at radius 2 is 2.18 bits per heavy atom. The Kier molecular flexibility index (Phi) is 5.71. The van der Waals surface area contributed by atoms with Gasteiger partial charge in [-0.05, 0) is 12.1 Å². The number of carbonyl (C=O) groups is 1. The van der Waals surface area contributed by atoms with Gasteiger partial charge < -0.3 is 9.84 Å². The summed E-state index contributed by atoms with van der Waals surface area (Å²) in [4.78, 5) is 11.4. The number of rotatable bonds is 5. The second-order valence-electron chi connectivity index (χ2n) is 2.86. The first-order valence-corrected chi connectivity index (χ1v) is 5.60. The van der Waals surface area contributed by atoms with Gasteiger partial charge in [0.1, 0.15) is 6.61 Å². The third-order valence-electron chi connectivity index (χ3n) is 1.66. The fraction of sp³-hybridized carbons (Fsp3) is 0.300. The van der Waals surface area contributed by atoms with Gasteiger partial charge in [0.15, 0.2) is 0 Å². The van der Waals surface area contributed by atoms with Crippen LogP contribution in [0, 0.1) is 0 Å². The number of halogens is 2. The molecule has 1 rings (SSSR count). The fourth-order valence-corrected chi connectivity index (χ4v) is 1.65. The molecular formula is C10H11F2NO3S. The van der Waals surface area contributed by atoms with E-state index >= 15 is 0 Å². The van der Waals surface area contributed by atoms with Crippen molar-refractivity contribution in [1.29, 1.82) is 0 Å². The second kappa shape index (κ2) is 7.08. The van der Waals surface area contributed by atoms with E-state index < -0.39 is 11.9 Å². The lowest BCUT2D eigenvalue weighted by Crippen LogP contribution is -2.16. The van der Waals surface area contributed by atoms with Crippen molar-refractivity contribution in [2.45, 2.75) is 10.7 Å². The highest BCUT2D eigenvalue weighted by Crippen LogP contribution is 2.31. The molecule has 2 N–H and O–H groups in total. The number of thioether (sulfide) groups is 1. The monoisotopic (exact) mass is 263 g/mol. The molecule has 0 atom stereocenters. The van der Waals surface area contributed by atoms with Crippen LogP contribution < -0.4 is 5.32 Å². The van der Waals surface area contributed by atoms with Gasteiger partial charge in [0.25, 0.3) is 5.76 Å². The SMILES string of the molecule is O=C(Nc1ccccc1SC(F)F)OCCO. The Hall–Kier alpha value is -1.34. The van der Waals surface area contributed by atoms with Gasteiger partial charge in [-0.3, -0.25) is 5.32 Å². The minimum atomic E-state index is -2.56. The molecule has 0 heterocycles. The third-order valence-corrected chi connectivity index (χ3v) is 2.45. The number of ether oxygens (including phenoxy) is 1. The number of carbonyl (C=O) groups excluding carboxylic acids is 1. The van der Waals surface area contributed by atoms with E-state index in [0.717, 1.165) is 0 Å².